The molecule has 2 aromatic rings. The van der Waals surface area contributed by atoms with E-state index in [1.165, 1.54) is 18.2 Å². The van der Waals surface area contributed by atoms with Crippen LogP contribution in [0.1, 0.15) is 23.8 Å². The van der Waals surface area contributed by atoms with Crippen LogP contribution in [0.25, 0.3) is 0 Å². The van der Waals surface area contributed by atoms with Crippen LogP contribution in [0, 0.1) is 5.82 Å². The molecule has 1 aliphatic heterocycles. The zero-order valence-corrected chi connectivity index (χ0v) is 13.2. The molecule has 0 bridgehead atoms. The number of hydrogen-bond donors (Lipinski definition) is 2. The van der Waals surface area contributed by atoms with Crippen LogP contribution in [0.15, 0.2) is 22.7 Å². The van der Waals surface area contributed by atoms with E-state index < -0.39 is 11.7 Å². The average Bonchev–Trinajstić information content (AvgIpc) is 3.00. The summed E-state index contributed by atoms with van der Waals surface area (Å²) < 4.78 is 18.3. The van der Waals surface area contributed by atoms with Crippen LogP contribution in [0.5, 0.6) is 0 Å². The predicted molar refractivity (Wildman–Crippen MR) is 82.9 cm³/mol. The van der Waals surface area contributed by atoms with Crippen molar-refractivity contribution in [3.8, 4) is 0 Å². The smallest absolute Gasteiger partial charge is 0.265 e. The number of benzene rings is 1. The second kappa shape index (κ2) is 6.26. The third-order valence-corrected chi connectivity index (χ3v) is 3.64. The number of nitrogens with zero attached hydrogens (tertiary/aromatic N) is 3. The number of anilines is 2. The predicted octanol–water partition coefficient (Wildman–Crippen LogP) is 1.02. The van der Waals surface area contributed by atoms with Gasteiger partial charge in [0, 0.05) is 26.2 Å². The molecule has 24 heavy (non-hydrogen) atoms. The van der Waals surface area contributed by atoms with Crippen LogP contribution in [0.2, 0.25) is 0 Å². The molecule has 0 fully saturated rings. The molecule has 2 N–H and O–H groups in total. The largest absolute Gasteiger partial charge is 0.346 e. The van der Waals surface area contributed by atoms with Crippen molar-refractivity contribution >= 4 is 23.5 Å². The van der Waals surface area contributed by atoms with Crippen LogP contribution in [-0.4, -0.2) is 36.1 Å². The third-order valence-electron chi connectivity index (χ3n) is 3.64. The van der Waals surface area contributed by atoms with Gasteiger partial charge in [-0.15, -0.1) is 0 Å². The first-order chi connectivity index (χ1) is 11.4. The Bertz CT molecular complexity index is 789. The molecule has 1 aromatic carbocycles. The molecule has 1 aliphatic rings. The van der Waals surface area contributed by atoms with Gasteiger partial charge in [-0.25, -0.2) is 4.39 Å². The van der Waals surface area contributed by atoms with Crippen molar-refractivity contribution in [1.82, 2.24) is 15.5 Å². The summed E-state index contributed by atoms with van der Waals surface area (Å²) in [4.78, 5) is 29.9. The molecule has 0 saturated heterocycles. The molecule has 3 rings (SSSR count). The summed E-state index contributed by atoms with van der Waals surface area (Å²) in [5, 5.41) is 8.99. The molecule has 0 spiro atoms. The van der Waals surface area contributed by atoms with Gasteiger partial charge in [0.25, 0.3) is 5.95 Å². The first kappa shape index (κ1) is 15.9. The maximum absolute atomic E-state index is 13.3. The lowest BCUT2D eigenvalue weighted by atomic mass is 9.89. The Morgan fingerprint density at radius 1 is 1.50 bits per heavy atom. The van der Waals surface area contributed by atoms with Crippen LogP contribution in [-0.2, 0) is 16.1 Å². The lowest BCUT2D eigenvalue weighted by Gasteiger charge is -2.24. The van der Waals surface area contributed by atoms with E-state index in [-0.39, 0.29) is 30.7 Å². The summed E-state index contributed by atoms with van der Waals surface area (Å²) in [5.41, 5.74) is 0.895. The summed E-state index contributed by atoms with van der Waals surface area (Å²) in [7, 11) is 3.54. The maximum atomic E-state index is 13.3. The summed E-state index contributed by atoms with van der Waals surface area (Å²) in [6, 6.07) is 3.97. The van der Waals surface area contributed by atoms with E-state index in [0.29, 0.717) is 17.2 Å². The van der Waals surface area contributed by atoms with Gasteiger partial charge < -0.3 is 20.1 Å². The van der Waals surface area contributed by atoms with Crippen molar-refractivity contribution in [1.29, 1.82) is 0 Å². The highest BCUT2D eigenvalue weighted by Crippen LogP contribution is 2.32. The molecule has 0 saturated carbocycles. The molecule has 0 aliphatic carbocycles. The molecule has 1 aromatic heterocycles. The standard InChI is InChI=1S/C15H16FN5O3/c1-21(2)15-19-13(24-20-15)7-17-14(23)10-6-12(22)18-11-5-8(16)3-4-9(10)11/h3-5,10H,6-7H2,1-2H3,(H,17,23)(H,18,22)/t10-/m0/s1. The zero-order valence-electron chi connectivity index (χ0n) is 13.2. The van der Waals surface area contributed by atoms with Gasteiger partial charge in [0.2, 0.25) is 17.7 Å². The second-order valence-corrected chi connectivity index (χ2v) is 5.64. The average molecular weight is 333 g/mol. The highest BCUT2D eigenvalue weighted by atomic mass is 19.1. The molecular weight excluding hydrogens is 317 g/mol. The molecule has 2 heterocycles. The van der Waals surface area contributed by atoms with Crippen molar-refractivity contribution in [2.45, 2.75) is 18.9 Å². The van der Waals surface area contributed by atoms with E-state index in [9.17, 15) is 14.0 Å². The Morgan fingerprint density at radius 3 is 3.00 bits per heavy atom. The van der Waals surface area contributed by atoms with Crippen molar-refractivity contribution in [2.75, 3.05) is 24.3 Å². The van der Waals surface area contributed by atoms with Gasteiger partial charge in [0.15, 0.2) is 0 Å². The van der Waals surface area contributed by atoms with Crippen molar-refractivity contribution in [3.63, 3.8) is 0 Å². The number of rotatable bonds is 4. The van der Waals surface area contributed by atoms with Gasteiger partial charge in [-0.1, -0.05) is 6.07 Å². The quantitative estimate of drug-likeness (QED) is 0.866. The number of halogens is 1. The summed E-state index contributed by atoms with van der Waals surface area (Å²) in [6.07, 6.45) is -0.00273. The van der Waals surface area contributed by atoms with Gasteiger partial charge in [-0.3, -0.25) is 9.59 Å². The maximum Gasteiger partial charge on any atom is 0.265 e. The SMILES string of the molecule is CN(C)c1noc(CNC(=O)[C@H]2CC(=O)Nc3cc(F)ccc32)n1. The van der Waals surface area contributed by atoms with Crippen molar-refractivity contribution in [2.24, 2.45) is 0 Å². The van der Waals surface area contributed by atoms with Crippen LogP contribution in [0.4, 0.5) is 16.0 Å². The minimum atomic E-state index is -0.689. The molecular formula is C15H16FN5O3. The van der Waals surface area contributed by atoms with Gasteiger partial charge in [-0.2, -0.15) is 4.98 Å². The Balaban J connectivity index is 1.72. The Labute approximate surface area is 137 Å². The number of aromatic nitrogens is 2. The van der Waals surface area contributed by atoms with Crippen LogP contribution >= 0.6 is 0 Å². The number of amides is 2. The fourth-order valence-electron chi connectivity index (χ4n) is 2.46. The first-order valence-electron chi connectivity index (χ1n) is 7.31. The van der Waals surface area contributed by atoms with Gasteiger partial charge in [0.05, 0.1) is 12.5 Å². The number of fused-ring (bicyclic) bond motifs is 1. The number of hydrogen-bond acceptors (Lipinski definition) is 6. The van der Waals surface area contributed by atoms with E-state index in [2.05, 4.69) is 20.8 Å². The van der Waals surface area contributed by atoms with Crippen molar-refractivity contribution < 1.29 is 18.5 Å². The second-order valence-electron chi connectivity index (χ2n) is 5.64. The highest BCUT2D eigenvalue weighted by molar-refractivity contribution is 6.01. The summed E-state index contributed by atoms with van der Waals surface area (Å²) in [5.74, 6) is -1.20. The number of carbonyl (C=O) groups is 2. The number of carbonyl (C=O) groups excluding carboxylic acids is 2. The Morgan fingerprint density at radius 2 is 2.29 bits per heavy atom. The van der Waals surface area contributed by atoms with E-state index in [4.69, 9.17) is 4.52 Å². The molecule has 0 radical (unpaired) electrons. The Kier molecular flexibility index (Phi) is 4.15. The van der Waals surface area contributed by atoms with Crippen molar-refractivity contribution in [3.05, 3.63) is 35.5 Å². The molecule has 126 valence electrons. The summed E-state index contributed by atoms with van der Waals surface area (Å²) in [6.45, 7) is 0.0499. The molecule has 8 nitrogen and oxygen atoms in total. The minimum Gasteiger partial charge on any atom is -0.346 e. The third kappa shape index (κ3) is 3.19. The monoisotopic (exact) mass is 333 g/mol. The molecule has 2 amide bonds. The Hall–Kier alpha value is -2.97. The van der Waals surface area contributed by atoms with Crippen LogP contribution in [0.3, 0.4) is 0 Å². The molecule has 0 unspecified atom stereocenters. The number of nitrogens with one attached hydrogen (secondary N) is 2. The lowest BCUT2D eigenvalue weighted by molar-refractivity contribution is -0.126. The molecule has 9 heteroatoms. The summed E-state index contributed by atoms with van der Waals surface area (Å²) >= 11 is 0. The fourth-order valence-corrected chi connectivity index (χ4v) is 2.46. The van der Waals surface area contributed by atoms with Gasteiger partial charge in [-0.05, 0) is 22.9 Å². The van der Waals surface area contributed by atoms with Gasteiger partial charge >= 0.3 is 0 Å². The normalized spacial score (nSPS) is 16.3. The van der Waals surface area contributed by atoms with E-state index in [1.54, 1.807) is 19.0 Å². The van der Waals surface area contributed by atoms with Crippen LogP contribution < -0.4 is 15.5 Å². The molecule has 1 atom stereocenters. The lowest BCUT2D eigenvalue weighted by Crippen LogP contribution is -2.34. The van der Waals surface area contributed by atoms with Gasteiger partial charge in [0.1, 0.15) is 5.82 Å². The zero-order chi connectivity index (χ0) is 17.3. The first-order valence-corrected chi connectivity index (χ1v) is 7.31. The van der Waals surface area contributed by atoms with E-state index in [0.717, 1.165) is 0 Å². The highest BCUT2D eigenvalue weighted by Gasteiger charge is 2.31. The van der Waals surface area contributed by atoms with E-state index in [1.807, 2.05) is 0 Å². The minimum absolute atomic E-state index is 0.00273. The topological polar surface area (TPSA) is 100 Å². The fraction of sp³-hybridized carbons (Fsp3) is 0.333. The van der Waals surface area contributed by atoms with E-state index >= 15 is 0 Å².